The van der Waals surface area contributed by atoms with Crippen LogP contribution < -0.4 is 4.74 Å². The van der Waals surface area contributed by atoms with Crippen LogP contribution in [0.5, 0.6) is 5.75 Å². The van der Waals surface area contributed by atoms with Crippen molar-refractivity contribution in [2.75, 3.05) is 172 Å². The zero-order valence-corrected chi connectivity index (χ0v) is 77.0. The number of Topliss-reactive ketones (excluding diaryl/α,β-unsaturated/α-hetero) is 3. The zero-order valence-electron chi connectivity index (χ0n) is 72.1. The maximum atomic E-state index is 13.2. The number of aryl methyl sites for hydroxylation is 1. The summed E-state index contributed by atoms with van der Waals surface area (Å²) in [5, 5.41) is 8.91. The molecule has 0 aliphatic carbocycles. The van der Waals surface area contributed by atoms with Gasteiger partial charge in [0.15, 0.2) is 17.3 Å². The number of hydrogen-bond donors (Lipinski definition) is 1. The number of unbranched alkanes of at least 4 members (excludes halogenated alkanes) is 1. The Labute approximate surface area is 734 Å². The average Bonchev–Trinajstić information content (AvgIpc) is 1.58. The first kappa shape index (κ1) is 99.3. The number of benzene rings is 5. The highest BCUT2D eigenvalue weighted by molar-refractivity contribution is 7.90. The van der Waals surface area contributed by atoms with Crippen molar-refractivity contribution in [3.05, 3.63) is 156 Å². The first-order valence-electron chi connectivity index (χ1n) is 42.1. The van der Waals surface area contributed by atoms with Gasteiger partial charge in [-0.3, -0.25) is 29.0 Å². The molecule has 1 N–H and O–H groups in total. The van der Waals surface area contributed by atoms with E-state index in [9.17, 15) is 61.3 Å². The van der Waals surface area contributed by atoms with Crippen molar-refractivity contribution in [3.63, 3.8) is 0 Å². The third-order valence-electron chi connectivity index (χ3n) is 24.7. The van der Waals surface area contributed by atoms with E-state index in [1.165, 1.54) is 95.1 Å². The lowest BCUT2D eigenvalue weighted by Gasteiger charge is -2.42. The Balaban J connectivity index is 0.000000161. The van der Waals surface area contributed by atoms with Crippen LogP contribution in [-0.4, -0.2) is 325 Å². The maximum Gasteiger partial charge on any atom is 0.335 e. The Kier molecular flexibility index (Phi) is 34.4. The molecule has 5 spiro atoms. The molecule has 0 radical (unpaired) electrons. The summed E-state index contributed by atoms with van der Waals surface area (Å²) in [6.07, 6.45) is 10.6. The predicted octanol–water partition coefficient (Wildman–Crippen LogP) is 7.47. The summed E-state index contributed by atoms with van der Waals surface area (Å²) in [6.45, 7) is 28.7. The molecule has 33 nitrogen and oxygen atoms in total. The molecule has 39 heteroatoms. The van der Waals surface area contributed by atoms with Crippen LogP contribution in [-0.2, 0) is 90.2 Å². The Morgan fingerprint density at radius 1 is 0.411 bits per heavy atom. The number of carbonyl (C=O) groups is 4. The third kappa shape index (κ3) is 23.0. The van der Waals surface area contributed by atoms with Crippen LogP contribution in [0.3, 0.4) is 0 Å². The smallest absolute Gasteiger partial charge is 0.335 e. The molecule has 5 aromatic rings. The molecule has 10 saturated heterocycles. The minimum Gasteiger partial charge on any atom is -0.497 e. The van der Waals surface area contributed by atoms with Crippen molar-refractivity contribution in [2.24, 2.45) is 0 Å². The van der Waals surface area contributed by atoms with Gasteiger partial charge >= 0.3 is 17.5 Å². The van der Waals surface area contributed by atoms with Crippen LogP contribution in [0, 0.1) is 6.92 Å². The van der Waals surface area contributed by atoms with Gasteiger partial charge in [-0.15, -0.1) is 6.58 Å². The van der Waals surface area contributed by atoms with Gasteiger partial charge in [0.25, 0.3) is 0 Å². The molecule has 0 unspecified atom stereocenters. The number of hydrogen-bond acceptors (Lipinski definition) is 27. The summed E-state index contributed by atoms with van der Waals surface area (Å²) < 4.78 is 190. The molecule has 15 rings (SSSR count). The van der Waals surface area contributed by atoms with Gasteiger partial charge in [0.1, 0.15) is 34.4 Å². The minimum absolute atomic E-state index is 0.0602. The van der Waals surface area contributed by atoms with Gasteiger partial charge in [-0.05, 0) is 127 Å². The summed E-state index contributed by atoms with van der Waals surface area (Å²) in [5.41, 5.74) is -1.19. The number of likely N-dealkylation sites (tertiary alicyclic amines) is 5. The Morgan fingerprint density at radius 2 is 0.669 bits per heavy atom. The second-order valence-corrected chi connectivity index (χ2v) is 41.8. The number of ketones is 3. The fourth-order valence-corrected chi connectivity index (χ4v) is 26.1. The maximum absolute atomic E-state index is 13.2. The third-order valence-corrected chi connectivity index (χ3v) is 34.6. The molecular formula is C85H120N10O23S6. The fraction of sp³-hybridized carbons (Fsp3) is 0.576. The number of nitrogens with zero attached hydrogens (tertiary/aromatic N) is 10. The largest absolute Gasteiger partial charge is 0.497 e. The van der Waals surface area contributed by atoms with Crippen molar-refractivity contribution in [1.29, 1.82) is 0 Å². The normalized spacial score (nSPS) is 21.5. The Bertz CT molecular complexity index is 5090. The molecule has 0 aromatic heterocycles. The highest BCUT2D eigenvalue weighted by Gasteiger charge is 2.56. The van der Waals surface area contributed by atoms with E-state index in [1.54, 1.807) is 81.3 Å². The van der Waals surface area contributed by atoms with Crippen molar-refractivity contribution in [3.8, 4) is 5.75 Å². The quantitative estimate of drug-likeness (QED) is 0.0518. The summed E-state index contributed by atoms with van der Waals surface area (Å²) >= 11 is -0.750. The lowest BCUT2D eigenvalue weighted by Crippen LogP contribution is -2.55. The number of piperidine rings is 5. The predicted molar refractivity (Wildman–Crippen MR) is 463 cm³/mol. The summed E-state index contributed by atoms with van der Waals surface area (Å²) in [4.78, 5) is 57.2. The molecule has 684 valence electrons. The number of carbonyl (C=O) groups excluding carboxylic acids is 3. The molecule has 10 aliphatic rings. The highest BCUT2D eigenvalue weighted by Crippen LogP contribution is 2.44. The number of aliphatic carboxylic acids is 1. The van der Waals surface area contributed by atoms with Gasteiger partial charge in [-0.1, -0.05) is 80.4 Å². The molecule has 0 amide bonds. The number of ether oxygens (including phenoxy) is 6. The molecule has 0 saturated carbocycles. The molecule has 0 atom stereocenters. The molecule has 124 heavy (non-hydrogen) atoms. The molecule has 10 aliphatic heterocycles. The summed E-state index contributed by atoms with van der Waals surface area (Å²) in [7, 11) is -14.5. The molecule has 5 aromatic carbocycles. The highest BCUT2D eigenvalue weighted by atomic mass is 32.2. The van der Waals surface area contributed by atoms with Gasteiger partial charge in [0, 0.05) is 186 Å². The van der Waals surface area contributed by atoms with E-state index >= 15 is 0 Å². The first-order valence-corrected chi connectivity index (χ1v) is 50.0. The number of carboxylic acid groups (broad SMARTS) is 1. The summed E-state index contributed by atoms with van der Waals surface area (Å²) in [6, 6.07) is 31.8. The van der Waals surface area contributed by atoms with Crippen molar-refractivity contribution in [2.45, 2.75) is 172 Å². The number of methoxy groups -OCH3 is 1. The van der Waals surface area contributed by atoms with E-state index in [1.807, 2.05) is 25.1 Å². The second-order valence-electron chi connectivity index (χ2n) is 32.3. The van der Waals surface area contributed by atoms with E-state index < -0.39 is 96.3 Å². The monoisotopic (exact) mass is 1840 g/mol. The minimum atomic E-state index is -3.77. The van der Waals surface area contributed by atoms with Crippen LogP contribution in [0.2, 0.25) is 0 Å². The molecule has 10 heterocycles. The lowest BCUT2D eigenvalue weighted by atomic mass is 10.0. The summed E-state index contributed by atoms with van der Waals surface area (Å²) in [5.74, 6) is -0.536. The van der Waals surface area contributed by atoms with Crippen molar-refractivity contribution < 1.29 is 103 Å². The zero-order chi connectivity index (χ0) is 90.1. The van der Waals surface area contributed by atoms with Gasteiger partial charge in [-0.25, -0.2) is 42.1 Å². The molecule has 0 bridgehead atoms. The van der Waals surface area contributed by atoms with Gasteiger partial charge in [0.2, 0.25) is 50.1 Å². The average molecular weight is 1840 g/mol. The number of sulfonamides is 5. The van der Waals surface area contributed by atoms with E-state index in [2.05, 4.69) is 47.1 Å². The van der Waals surface area contributed by atoms with Gasteiger partial charge in [-0.2, -0.15) is 29.9 Å². The van der Waals surface area contributed by atoms with E-state index in [0.717, 1.165) is 103 Å². The number of carboxylic acids is 1. The van der Waals surface area contributed by atoms with Crippen LogP contribution in [0.1, 0.15) is 148 Å². The first-order chi connectivity index (χ1) is 58.9. The fourth-order valence-electron chi connectivity index (χ4n) is 17.5. The lowest BCUT2D eigenvalue weighted by molar-refractivity contribution is -0.141. The van der Waals surface area contributed by atoms with Crippen LogP contribution in [0.25, 0.3) is 0 Å². The van der Waals surface area contributed by atoms with Crippen LogP contribution in [0.15, 0.2) is 158 Å². The topological polar surface area (TPSA) is 381 Å². The Morgan fingerprint density at radius 3 is 0.927 bits per heavy atom. The molecule has 10 fully saturated rings. The SMILES string of the molecule is C=CCN1CCC2(CC1)OCCN2S(=O)(=O)c1ccc(C(C)=O)cc1.CC(=O)c1ccc(S(=O)(=O)N2CCOC23CCN(CC(=O)O)CC3)cc1.CCCCN1CCC2(CC1)OCCN2S(=O)(=O)c1ccc(OC)cc1.CCN1CCC2(CC1)OCCN2S(=O)(=O)c1ccc(C(C)=O)cc1.Cc1ccc(S(=O)(=O)N2CCOC23CCN(C)CC3)cc1.O=S=O. The van der Waals surface area contributed by atoms with Crippen molar-refractivity contribution >= 4 is 85.0 Å². The number of rotatable bonds is 22. The van der Waals surface area contributed by atoms with E-state index in [-0.39, 0.29) is 45.1 Å². The standard InChI is InChI=1S/C18H24N2O4S.C18H28N2O4S.C17H22N2O6S.C17H24N2O4S.C15H22N2O3S.O2S/c1-3-10-19-11-8-18(9-12-19)20(13-14-24-18)25(22,23)17-6-4-16(5-7-17)15(2)21;1-3-4-11-19-12-9-18(10-13-19)20(14-15-24-18)25(21,22)17-7-5-16(23-2)6-8-17;1-13(20)14-2-4-15(5-3-14)26(23,24)19-10-11-25-17(19)6-8-18(9-7-17)12-16(21)22;1-3-18-10-8-17(9-11-18)19(12-13-23-17)24(21,22)16-6-4-15(5-7-16)14(2)20;1-13-3-5-14(6-4-13)21(18,19)17-11-12-20-15(17)7-9-16(2)10-8-15;1-3-2/h3-7H,1,8-14H2,2H3;5-8H,3-4,9-15H2,1-2H3;2-5H,6-12H2,1H3,(H,21,22);4-7H,3,8-13H2,1-2H3;3-6H,7-12H2,1-2H3;. The van der Waals surface area contributed by atoms with Gasteiger partial charge < -0.3 is 48.2 Å². The van der Waals surface area contributed by atoms with E-state index in [4.69, 9.17) is 41.9 Å². The van der Waals surface area contributed by atoms with Crippen LogP contribution >= 0.6 is 0 Å². The van der Waals surface area contributed by atoms with Crippen LogP contribution in [0.4, 0.5) is 0 Å². The second kappa shape index (κ2) is 43.0. The van der Waals surface area contributed by atoms with Crippen molar-refractivity contribution in [1.82, 2.24) is 46.0 Å². The molecular weight excluding hydrogens is 1720 g/mol. The Hall–Kier alpha value is -6.91. The van der Waals surface area contributed by atoms with Gasteiger partial charge in [0.05, 0.1) is 71.2 Å². The van der Waals surface area contributed by atoms with E-state index in [0.29, 0.717) is 143 Å².